The Kier molecular flexibility index (Phi) is 9.38. The average molecular weight is 641 g/mol. The zero-order valence-electron chi connectivity index (χ0n) is 23.4. The molecule has 3 aromatic rings. The lowest BCUT2D eigenvalue weighted by molar-refractivity contribution is -0.277. The standard InChI is InChI=1S/C28H32O17/c1-40-13-4-9(2-3-12(13)42-27-23(38)21(36)18(33)15(7-29)43-27)25-26(20(35)17-11(32)5-10(31)6-14(17)41-25)45-28-24(39)22(37)19(34)16(8-30)44-28/h2-6,15-16,18-19,21-24,27-34,36-39H,7-8H2,1H3/t15-,16+,18-,19+,21-,22-,23+,24+,27-,28-/m1/s1. The zero-order valence-corrected chi connectivity index (χ0v) is 23.4. The number of aromatic hydroxyl groups is 2. The first-order chi connectivity index (χ1) is 21.4. The summed E-state index contributed by atoms with van der Waals surface area (Å²) in [6, 6.07) is 5.83. The predicted molar refractivity (Wildman–Crippen MR) is 147 cm³/mol. The first-order valence-corrected chi connectivity index (χ1v) is 13.6. The van der Waals surface area contributed by atoms with Gasteiger partial charge in [0.05, 0.1) is 20.3 Å². The SMILES string of the molecule is COc1cc(-c2oc3cc(O)cc(O)c3c(=O)c2O[C@H]2O[C@@H](CO)[C@H](O)[C@@H](O)[C@@H]2O)ccc1O[C@@H]1O[C@H](CO)[C@@H](O)[C@@H](O)[C@@H]1O. The monoisotopic (exact) mass is 640 g/mol. The Morgan fingerprint density at radius 3 is 1.87 bits per heavy atom. The van der Waals surface area contributed by atoms with Crippen molar-refractivity contribution in [2.24, 2.45) is 0 Å². The van der Waals surface area contributed by atoms with Gasteiger partial charge in [-0.05, 0) is 18.2 Å². The van der Waals surface area contributed by atoms with Gasteiger partial charge in [-0.1, -0.05) is 0 Å². The number of benzene rings is 2. The van der Waals surface area contributed by atoms with Crippen molar-refractivity contribution in [3.05, 3.63) is 40.6 Å². The van der Waals surface area contributed by atoms with Gasteiger partial charge in [-0.15, -0.1) is 0 Å². The largest absolute Gasteiger partial charge is 0.508 e. The molecule has 0 bridgehead atoms. The third kappa shape index (κ3) is 5.98. The lowest BCUT2D eigenvalue weighted by Gasteiger charge is -2.39. The van der Waals surface area contributed by atoms with Gasteiger partial charge in [-0.2, -0.15) is 0 Å². The fraction of sp³-hybridized carbons (Fsp3) is 0.464. The van der Waals surface area contributed by atoms with Crippen LogP contribution in [0.2, 0.25) is 0 Å². The van der Waals surface area contributed by atoms with Crippen LogP contribution in [0.3, 0.4) is 0 Å². The summed E-state index contributed by atoms with van der Waals surface area (Å²) in [5.41, 5.74) is -1.23. The summed E-state index contributed by atoms with van der Waals surface area (Å²) in [4.78, 5) is 13.7. The van der Waals surface area contributed by atoms with Crippen molar-refractivity contribution in [2.45, 2.75) is 61.4 Å². The molecule has 246 valence electrons. The molecule has 2 aliphatic rings. The van der Waals surface area contributed by atoms with Crippen LogP contribution in [0.25, 0.3) is 22.3 Å². The van der Waals surface area contributed by atoms with Crippen LogP contribution in [0, 0.1) is 0 Å². The number of rotatable bonds is 8. The summed E-state index contributed by atoms with van der Waals surface area (Å²) in [7, 11) is 1.25. The Balaban J connectivity index is 1.58. The lowest BCUT2D eigenvalue weighted by Crippen LogP contribution is -2.60. The summed E-state index contributed by atoms with van der Waals surface area (Å²) >= 11 is 0. The fourth-order valence-corrected chi connectivity index (χ4v) is 5.04. The van der Waals surface area contributed by atoms with E-state index in [1.165, 1.54) is 25.3 Å². The van der Waals surface area contributed by atoms with Gasteiger partial charge in [0, 0.05) is 17.7 Å². The second-order valence-corrected chi connectivity index (χ2v) is 10.4. The second kappa shape index (κ2) is 12.9. The van der Waals surface area contributed by atoms with E-state index in [1.54, 1.807) is 0 Å². The molecule has 1 aromatic heterocycles. The van der Waals surface area contributed by atoms with Crippen LogP contribution in [0.5, 0.6) is 28.7 Å². The van der Waals surface area contributed by atoms with Gasteiger partial charge in [-0.25, -0.2) is 0 Å². The minimum Gasteiger partial charge on any atom is -0.508 e. The van der Waals surface area contributed by atoms with Crippen molar-refractivity contribution in [2.75, 3.05) is 20.3 Å². The van der Waals surface area contributed by atoms with Gasteiger partial charge < -0.3 is 79.2 Å². The highest BCUT2D eigenvalue weighted by molar-refractivity contribution is 5.88. The van der Waals surface area contributed by atoms with Gasteiger partial charge in [0.25, 0.3) is 0 Å². The molecule has 0 unspecified atom stereocenters. The van der Waals surface area contributed by atoms with E-state index in [4.69, 9.17) is 28.1 Å². The van der Waals surface area contributed by atoms with Crippen LogP contribution in [0.15, 0.2) is 39.5 Å². The molecule has 17 heteroatoms. The van der Waals surface area contributed by atoms with E-state index < -0.39 is 103 Å². The Morgan fingerprint density at radius 1 is 0.733 bits per heavy atom. The molecule has 10 atom stereocenters. The molecule has 2 aromatic carbocycles. The number of aliphatic hydroxyl groups excluding tert-OH is 8. The molecule has 5 rings (SSSR count). The molecule has 10 N–H and O–H groups in total. The van der Waals surface area contributed by atoms with Crippen molar-refractivity contribution in [3.63, 3.8) is 0 Å². The Morgan fingerprint density at radius 2 is 1.31 bits per heavy atom. The average Bonchev–Trinajstić information content (AvgIpc) is 3.02. The van der Waals surface area contributed by atoms with E-state index in [2.05, 4.69) is 0 Å². The number of hydrogen-bond acceptors (Lipinski definition) is 17. The van der Waals surface area contributed by atoms with Crippen LogP contribution in [0.1, 0.15) is 0 Å². The molecule has 17 nitrogen and oxygen atoms in total. The molecule has 2 fully saturated rings. The van der Waals surface area contributed by atoms with Gasteiger partial charge in [0.1, 0.15) is 71.3 Å². The molecule has 0 spiro atoms. The number of methoxy groups -OCH3 is 1. The molecular formula is C28H32O17. The van der Waals surface area contributed by atoms with E-state index in [0.717, 1.165) is 12.1 Å². The van der Waals surface area contributed by atoms with Gasteiger partial charge in [-0.3, -0.25) is 4.79 Å². The first kappa shape index (κ1) is 32.6. The third-order valence-corrected chi connectivity index (χ3v) is 7.52. The molecule has 3 heterocycles. The molecule has 45 heavy (non-hydrogen) atoms. The first-order valence-electron chi connectivity index (χ1n) is 13.6. The minimum absolute atomic E-state index is 0.0504. The van der Waals surface area contributed by atoms with Crippen molar-refractivity contribution >= 4 is 11.0 Å². The van der Waals surface area contributed by atoms with Crippen LogP contribution in [-0.2, 0) is 9.47 Å². The van der Waals surface area contributed by atoms with E-state index in [1.807, 2.05) is 0 Å². The highest BCUT2D eigenvalue weighted by Crippen LogP contribution is 2.40. The van der Waals surface area contributed by atoms with Crippen molar-refractivity contribution in [1.82, 2.24) is 0 Å². The summed E-state index contributed by atoms with van der Waals surface area (Å²) in [5.74, 6) is -2.25. The number of fused-ring (bicyclic) bond motifs is 1. The topological polar surface area (TPSA) is 279 Å². The Hall–Kier alpha value is -3.75. The second-order valence-electron chi connectivity index (χ2n) is 10.4. The van der Waals surface area contributed by atoms with E-state index in [0.29, 0.717) is 0 Å². The fourth-order valence-electron chi connectivity index (χ4n) is 5.04. The van der Waals surface area contributed by atoms with Gasteiger partial charge in [0.2, 0.25) is 23.8 Å². The van der Waals surface area contributed by atoms with E-state index >= 15 is 0 Å². The van der Waals surface area contributed by atoms with Crippen molar-refractivity contribution in [1.29, 1.82) is 0 Å². The van der Waals surface area contributed by atoms with Crippen LogP contribution >= 0.6 is 0 Å². The summed E-state index contributed by atoms with van der Waals surface area (Å²) in [5, 5.41) is 100. The Labute approximate surface area is 252 Å². The molecule has 0 radical (unpaired) electrons. The maximum atomic E-state index is 13.7. The molecule has 0 amide bonds. The number of aliphatic hydroxyl groups is 8. The van der Waals surface area contributed by atoms with Crippen LogP contribution in [-0.4, -0.2) is 133 Å². The quantitative estimate of drug-likeness (QED) is 0.119. The summed E-state index contributed by atoms with van der Waals surface area (Å²) in [6.45, 7) is -1.47. The smallest absolute Gasteiger partial charge is 0.239 e. The molecule has 2 saturated heterocycles. The normalized spacial score (nSPS) is 31.9. The summed E-state index contributed by atoms with van der Waals surface area (Å²) < 4.78 is 33.4. The number of phenolic OH excluding ortho intramolecular Hbond substituents is 2. The molecular weight excluding hydrogens is 608 g/mol. The summed E-state index contributed by atoms with van der Waals surface area (Å²) in [6.07, 6.45) is -16.6. The van der Waals surface area contributed by atoms with Gasteiger partial charge in [0.15, 0.2) is 17.3 Å². The maximum Gasteiger partial charge on any atom is 0.239 e. The zero-order chi connectivity index (χ0) is 32.7. The molecule has 2 aliphatic heterocycles. The maximum absolute atomic E-state index is 13.7. The van der Waals surface area contributed by atoms with Crippen molar-refractivity contribution < 1.29 is 79.2 Å². The van der Waals surface area contributed by atoms with Gasteiger partial charge >= 0.3 is 0 Å². The molecule has 0 aliphatic carbocycles. The highest BCUT2D eigenvalue weighted by atomic mass is 16.7. The minimum atomic E-state index is -1.91. The number of phenols is 2. The number of hydrogen-bond donors (Lipinski definition) is 10. The van der Waals surface area contributed by atoms with E-state index in [-0.39, 0.29) is 28.4 Å². The van der Waals surface area contributed by atoms with Crippen molar-refractivity contribution in [3.8, 4) is 40.1 Å². The predicted octanol–water partition coefficient (Wildman–Crippen LogP) is -2.76. The highest BCUT2D eigenvalue weighted by Gasteiger charge is 2.46. The van der Waals surface area contributed by atoms with Crippen LogP contribution < -0.4 is 19.6 Å². The Bertz CT molecular complexity index is 1570. The van der Waals surface area contributed by atoms with E-state index in [9.17, 15) is 55.9 Å². The number of ether oxygens (including phenoxy) is 5. The van der Waals surface area contributed by atoms with Crippen LogP contribution in [0.4, 0.5) is 0 Å². The lowest BCUT2D eigenvalue weighted by atomic mass is 9.99. The third-order valence-electron chi connectivity index (χ3n) is 7.52. The molecule has 0 saturated carbocycles.